The van der Waals surface area contributed by atoms with Crippen molar-refractivity contribution < 1.29 is 9.59 Å². The highest BCUT2D eigenvalue weighted by atomic mass is 35.5. The average Bonchev–Trinajstić information content (AvgIpc) is 2.63. The monoisotopic (exact) mass is 474 g/mol. The molecule has 156 valence electrons. The fourth-order valence-corrected chi connectivity index (χ4v) is 3.77. The minimum Gasteiger partial charge on any atom is -0.352 e. The van der Waals surface area contributed by atoms with E-state index in [9.17, 15) is 9.59 Å². The first-order valence-electron chi connectivity index (χ1n) is 9.06. The molecular weight excluding hydrogens is 454 g/mol. The van der Waals surface area contributed by atoms with Gasteiger partial charge in [-0.3, -0.25) is 9.59 Å². The molecule has 0 radical (unpaired) electrons. The minimum absolute atomic E-state index is 0.0387. The third-order valence-electron chi connectivity index (χ3n) is 4.34. The molecule has 0 bridgehead atoms. The summed E-state index contributed by atoms with van der Waals surface area (Å²) in [6, 6.07) is 9.30. The van der Waals surface area contributed by atoms with Crippen molar-refractivity contribution in [2.45, 2.75) is 45.8 Å². The number of hydrogen-bond acceptors (Lipinski definition) is 2. The first-order valence-corrected chi connectivity index (χ1v) is 10.6. The van der Waals surface area contributed by atoms with Gasteiger partial charge in [0.15, 0.2) is 0 Å². The molecule has 0 aliphatic heterocycles. The van der Waals surface area contributed by atoms with Gasteiger partial charge in [-0.05, 0) is 56.2 Å². The highest BCUT2D eigenvalue weighted by Gasteiger charge is 2.28. The van der Waals surface area contributed by atoms with Crippen LogP contribution in [0.15, 0.2) is 36.4 Å². The van der Waals surface area contributed by atoms with Crippen molar-refractivity contribution in [3.8, 4) is 0 Å². The Hall–Kier alpha value is -1.46. The second-order valence-electron chi connectivity index (χ2n) is 6.97. The minimum atomic E-state index is -0.724. The van der Waals surface area contributed by atoms with Crippen LogP contribution in [-0.2, 0) is 22.6 Å². The zero-order valence-corrected chi connectivity index (χ0v) is 19.3. The average molecular weight is 476 g/mol. The quantitative estimate of drug-likeness (QED) is 0.551. The van der Waals surface area contributed by atoms with Gasteiger partial charge in [0.1, 0.15) is 6.04 Å². The van der Waals surface area contributed by atoms with E-state index < -0.39 is 6.04 Å². The van der Waals surface area contributed by atoms with Crippen LogP contribution in [0.4, 0.5) is 0 Å². The Kier molecular flexibility index (Phi) is 8.65. The van der Waals surface area contributed by atoms with Gasteiger partial charge in [-0.25, -0.2) is 0 Å². The van der Waals surface area contributed by atoms with Gasteiger partial charge in [-0.15, -0.1) is 0 Å². The molecule has 2 aromatic carbocycles. The maximum absolute atomic E-state index is 13.2. The lowest BCUT2D eigenvalue weighted by molar-refractivity contribution is -0.140. The van der Waals surface area contributed by atoms with E-state index in [4.69, 9.17) is 46.4 Å². The van der Waals surface area contributed by atoms with Crippen LogP contribution >= 0.6 is 46.4 Å². The van der Waals surface area contributed by atoms with Gasteiger partial charge < -0.3 is 10.2 Å². The molecule has 0 aromatic heterocycles. The van der Waals surface area contributed by atoms with Gasteiger partial charge in [0.05, 0.1) is 6.42 Å². The Morgan fingerprint density at radius 2 is 1.59 bits per heavy atom. The predicted octanol–water partition coefficient (Wildman–Crippen LogP) is 5.78. The topological polar surface area (TPSA) is 49.4 Å². The largest absolute Gasteiger partial charge is 0.352 e. The second kappa shape index (κ2) is 10.5. The maximum atomic E-state index is 13.2. The van der Waals surface area contributed by atoms with Crippen LogP contribution in [0, 0.1) is 0 Å². The molecule has 2 aromatic rings. The van der Waals surface area contributed by atoms with Crippen LogP contribution in [0.25, 0.3) is 0 Å². The van der Waals surface area contributed by atoms with Gasteiger partial charge in [-0.2, -0.15) is 0 Å². The Labute approximate surface area is 191 Å². The summed E-state index contributed by atoms with van der Waals surface area (Å²) < 4.78 is 0. The number of nitrogens with zero attached hydrogens (tertiary/aromatic N) is 1. The van der Waals surface area contributed by atoms with E-state index in [-0.39, 0.29) is 30.8 Å². The lowest BCUT2D eigenvalue weighted by Crippen LogP contribution is -2.49. The Morgan fingerprint density at radius 1 is 0.966 bits per heavy atom. The maximum Gasteiger partial charge on any atom is 0.242 e. The first kappa shape index (κ1) is 23.8. The summed E-state index contributed by atoms with van der Waals surface area (Å²) in [5.41, 5.74) is 1.20. The third kappa shape index (κ3) is 6.51. The van der Waals surface area contributed by atoms with Crippen LogP contribution in [0.1, 0.15) is 31.9 Å². The van der Waals surface area contributed by atoms with Gasteiger partial charge in [0, 0.05) is 32.7 Å². The normalized spacial score (nSPS) is 12.0. The second-order valence-corrected chi connectivity index (χ2v) is 8.63. The number of carbonyl (C=O) groups excluding carboxylic acids is 2. The van der Waals surface area contributed by atoms with E-state index in [1.165, 1.54) is 4.90 Å². The van der Waals surface area contributed by atoms with Gasteiger partial charge in [0.25, 0.3) is 0 Å². The van der Waals surface area contributed by atoms with Gasteiger partial charge in [0.2, 0.25) is 11.8 Å². The molecule has 8 heteroatoms. The molecule has 0 spiro atoms. The van der Waals surface area contributed by atoms with Crippen molar-refractivity contribution in [3.05, 3.63) is 67.6 Å². The number of hydrogen-bond donors (Lipinski definition) is 1. The third-order valence-corrected chi connectivity index (χ3v) is 5.64. The molecule has 1 atom stereocenters. The summed E-state index contributed by atoms with van der Waals surface area (Å²) in [4.78, 5) is 27.3. The van der Waals surface area contributed by atoms with E-state index in [2.05, 4.69) is 5.32 Å². The number of halogens is 4. The van der Waals surface area contributed by atoms with Crippen molar-refractivity contribution >= 4 is 58.2 Å². The SMILES string of the molecule is CC(C)NC(=O)[C@H](C)N(Cc1ccc(Cl)cc1Cl)C(=O)Cc1c(Cl)cccc1Cl. The Morgan fingerprint density at radius 3 is 2.14 bits per heavy atom. The van der Waals surface area contributed by atoms with Crippen molar-refractivity contribution in [3.63, 3.8) is 0 Å². The molecule has 0 unspecified atom stereocenters. The smallest absolute Gasteiger partial charge is 0.242 e. The van der Waals surface area contributed by atoms with E-state index in [1.54, 1.807) is 43.3 Å². The molecule has 0 saturated carbocycles. The van der Waals surface area contributed by atoms with Gasteiger partial charge >= 0.3 is 0 Å². The first-order chi connectivity index (χ1) is 13.6. The molecule has 0 fully saturated rings. The number of carbonyl (C=O) groups is 2. The summed E-state index contributed by atoms with van der Waals surface area (Å²) in [5, 5.41) is 4.54. The zero-order chi connectivity index (χ0) is 21.7. The van der Waals surface area contributed by atoms with E-state index >= 15 is 0 Å². The van der Waals surface area contributed by atoms with Crippen molar-refractivity contribution in [2.24, 2.45) is 0 Å². The number of benzene rings is 2. The number of amides is 2. The van der Waals surface area contributed by atoms with Crippen LogP contribution in [0.3, 0.4) is 0 Å². The van der Waals surface area contributed by atoms with Crippen LogP contribution in [0.5, 0.6) is 0 Å². The fourth-order valence-electron chi connectivity index (χ4n) is 2.78. The van der Waals surface area contributed by atoms with Crippen molar-refractivity contribution in [2.75, 3.05) is 0 Å². The molecule has 29 heavy (non-hydrogen) atoms. The van der Waals surface area contributed by atoms with E-state index in [1.807, 2.05) is 13.8 Å². The molecule has 2 amide bonds. The molecule has 0 aliphatic carbocycles. The number of nitrogens with one attached hydrogen (secondary N) is 1. The van der Waals surface area contributed by atoms with Crippen LogP contribution in [0.2, 0.25) is 20.1 Å². The highest BCUT2D eigenvalue weighted by Crippen LogP contribution is 2.27. The molecule has 0 aliphatic rings. The van der Waals surface area contributed by atoms with Crippen LogP contribution in [-0.4, -0.2) is 28.8 Å². The molecule has 1 N–H and O–H groups in total. The van der Waals surface area contributed by atoms with Crippen molar-refractivity contribution in [1.82, 2.24) is 10.2 Å². The summed E-state index contributed by atoms with van der Waals surface area (Å²) >= 11 is 24.7. The van der Waals surface area contributed by atoms with Gasteiger partial charge in [-0.1, -0.05) is 58.5 Å². The van der Waals surface area contributed by atoms with E-state index in [0.717, 1.165) is 0 Å². The summed E-state index contributed by atoms with van der Waals surface area (Å²) in [6.45, 7) is 5.53. The molecule has 0 saturated heterocycles. The van der Waals surface area contributed by atoms with Crippen LogP contribution < -0.4 is 5.32 Å². The lowest BCUT2D eigenvalue weighted by atomic mass is 10.1. The summed E-state index contributed by atoms with van der Waals surface area (Å²) in [7, 11) is 0. The molecule has 4 nitrogen and oxygen atoms in total. The van der Waals surface area contributed by atoms with Crippen molar-refractivity contribution in [1.29, 1.82) is 0 Å². The summed E-state index contributed by atoms with van der Waals surface area (Å²) in [6.07, 6.45) is -0.0387. The molecule has 2 rings (SSSR count). The summed E-state index contributed by atoms with van der Waals surface area (Å²) in [5.74, 6) is -0.555. The fraction of sp³-hybridized carbons (Fsp3) is 0.333. The number of rotatable bonds is 7. The standard InChI is InChI=1S/C21H22Cl4N2O2/c1-12(2)26-21(29)13(3)27(11-14-7-8-15(22)9-19(14)25)20(28)10-16-17(23)5-4-6-18(16)24/h4-9,12-13H,10-11H2,1-3H3,(H,26,29)/t13-/m0/s1. The molecule has 0 heterocycles. The molecular formula is C21H22Cl4N2O2. The van der Waals surface area contributed by atoms with E-state index in [0.29, 0.717) is 31.2 Å². The Balaban J connectivity index is 2.34. The predicted molar refractivity (Wildman–Crippen MR) is 120 cm³/mol. The Bertz CT molecular complexity index is 882. The highest BCUT2D eigenvalue weighted by molar-refractivity contribution is 6.36. The lowest BCUT2D eigenvalue weighted by Gasteiger charge is -2.30. The zero-order valence-electron chi connectivity index (χ0n) is 16.3.